The van der Waals surface area contributed by atoms with Crippen molar-refractivity contribution >= 4 is 15.5 Å². The van der Waals surface area contributed by atoms with Gasteiger partial charge in [0.25, 0.3) is 0 Å². The van der Waals surface area contributed by atoms with Crippen molar-refractivity contribution in [3.8, 4) is 0 Å². The van der Waals surface area contributed by atoms with E-state index in [1.165, 1.54) is 6.92 Å². The summed E-state index contributed by atoms with van der Waals surface area (Å²) >= 11 is 0. The van der Waals surface area contributed by atoms with Crippen molar-refractivity contribution in [1.29, 1.82) is 0 Å². The van der Waals surface area contributed by atoms with Crippen molar-refractivity contribution in [2.75, 3.05) is 19.6 Å². The lowest BCUT2D eigenvalue weighted by molar-refractivity contribution is -0.0865. The van der Waals surface area contributed by atoms with Gasteiger partial charge in [-0.05, 0) is 39.7 Å². The molecule has 1 rings (SSSR count). The number of hydrogen-bond donors (Lipinski definition) is 2. The lowest BCUT2D eigenvalue weighted by atomic mass is 9.98. The van der Waals surface area contributed by atoms with Gasteiger partial charge in [0.2, 0.25) is 0 Å². The molecule has 0 aromatic heterocycles. The first-order chi connectivity index (χ1) is 12.1. The number of hydrogen-bond acceptors (Lipinski definition) is 4. The van der Waals surface area contributed by atoms with Crippen LogP contribution in [0.2, 0.25) is 0 Å². The maximum absolute atomic E-state index is 13.3. The van der Waals surface area contributed by atoms with Crippen molar-refractivity contribution in [2.45, 2.75) is 58.4 Å². The number of aliphatic hydroxyl groups excluding tert-OH is 1. The summed E-state index contributed by atoms with van der Waals surface area (Å²) in [6, 6.07) is 0. The van der Waals surface area contributed by atoms with Crippen LogP contribution in [-0.2, 0) is 0 Å². The predicted molar refractivity (Wildman–Crippen MR) is 99.7 cm³/mol. The minimum absolute atomic E-state index is 0.162. The van der Waals surface area contributed by atoms with Crippen LogP contribution in [0.5, 0.6) is 0 Å². The monoisotopic (exact) mass is 397 g/mol. The maximum atomic E-state index is 13.3. The fourth-order valence-corrected chi connectivity index (χ4v) is 2.90. The Kier molecular flexibility index (Phi) is 9.21. The second-order valence-corrected chi connectivity index (χ2v) is 6.87. The molecule has 150 valence electrons. The highest BCUT2D eigenvalue weighted by Crippen LogP contribution is 2.32. The molecule has 0 fully saturated rings. The van der Waals surface area contributed by atoms with E-state index in [0.717, 1.165) is 6.21 Å². The molecule has 2 N–H and O–H groups in total. The first-order valence-corrected chi connectivity index (χ1v) is 9.38. The summed E-state index contributed by atoms with van der Waals surface area (Å²) in [5.41, 5.74) is -0.0690. The molecule has 0 saturated carbocycles. The summed E-state index contributed by atoms with van der Waals surface area (Å²) in [6.45, 7) is 6.30. The Morgan fingerprint density at radius 2 is 2.00 bits per heavy atom. The smallest absolute Gasteiger partial charge is 0.375 e. The summed E-state index contributed by atoms with van der Waals surface area (Å²) in [4.78, 5) is 5.79. The quantitative estimate of drug-likeness (QED) is 0.373. The van der Waals surface area contributed by atoms with Crippen LogP contribution in [0.15, 0.2) is 27.5 Å². The molecule has 1 aliphatic heterocycles. The molecule has 0 spiro atoms. The minimum Gasteiger partial charge on any atom is -0.375 e. The van der Waals surface area contributed by atoms with Gasteiger partial charge in [-0.3, -0.25) is 5.32 Å². The molecule has 3 atom stereocenters. The first-order valence-electron chi connectivity index (χ1n) is 8.71. The van der Waals surface area contributed by atoms with Crippen LogP contribution in [0.4, 0.5) is 17.6 Å². The van der Waals surface area contributed by atoms with Gasteiger partial charge in [0.1, 0.15) is 18.0 Å². The predicted octanol–water partition coefficient (Wildman–Crippen LogP) is 3.75. The van der Waals surface area contributed by atoms with Crippen LogP contribution in [0.1, 0.15) is 40.0 Å². The van der Waals surface area contributed by atoms with Gasteiger partial charge in [-0.1, -0.05) is 12.5 Å². The van der Waals surface area contributed by atoms with Crippen LogP contribution in [-0.4, -0.2) is 54.2 Å². The summed E-state index contributed by atoms with van der Waals surface area (Å²) in [6.07, 6.45) is -4.09. The Morgan fingerprint density at radius 3 is 2.50 bits per heavy atom. The number of nitrogens with one attached hydrogen (secondary N) is 1. The van der Waals surface area contributed by atoms with Gasteiger partial charge in [-0.25, -0.2) is 9.38 Å². The van der Waals surface area contributed by atoms with Crippen molar-refractivity contribution < 1.29 is 22.7 Å². The Balaban J connectivity index is 3.34. The summed E-state index contributed by atoms with van der Waals surface area (Å²) in [5.74, 6) is -0.835. The Morgan fingerprint density at radius 1 is 1.35 bits per heavy atom. The van der Waals surface area contributed by atoms with E-state index >= 15 is 0 Å². The van der Waals surface area contributed by atoms with Crippen LogP contribution >= 0.6 is 9.24 Å². The standard InChI is InChI=1S/C17H28F4N3OP/c1-4-22-16(25)12-7-6-11(3)13(17(19,20)21)10-23-15(12)24(5-2)9-8-14(18)26/h10,14,16,22,25H,4-9,26H2,1-3H3/b13-11+,15-12-,23-10-. The third kappa shape index (κ3) is 6.63. The lowest BCUT2D eigenvalue weighted by Gasteiger charge is -2.29. The van der Waals surface area contributed by atoms with Gasteiger partial charge in [0.15, 0.2) is 0 Å². The van der Waals surface area contributed by atoms with E-state index in [9.17, 15) is 22.7 Å². The minimum atomic E-state index is -4.49. The molecule has 1 aliphatic rings. The molecule has 3 unspecified atom stereocenters. The molecule has 0 aliphatic carbocycles. The Labute approximate surface area is 154 Å². The van der Waals surface area contributed by atoms with Crippen molar-refractivity contribution in [3.63, 3.8) is 0 Å². The van der Waals surface area contributed by atoms with E-state index in [1.54, 1.807) is 4.90 Å². The molecule has 0 saturated heterocycles. The molecule has 4 nitrogen and oxygen atoms in total. The van der Waals surface area contributed by atoms with Gasteiger partial charge >= 0.3 is 6.18 Å². The topological polar surface area (TPSA) is 47.9 Å². The van der Waals surface area contributed by atoms with Gasteiger partial charge in [0, 0.05) is 24.9 Å². The van der Waals surface area contributed by atoms with E-state index in [4.69, 9.17) is 0 Å². The molecule has 0 radical (unpaired) electrons. The Bertz CT molecular complexity index is 559. The second kappa shape index (κ2) is 10.4. The fourth-order valence-electron chi connectivity index (χ4n) is 2.76. The van der Waals surface area contributed by atoms with Crippen LogP contribution in [0.25, 0.3) is 0 Å². The average Bonchev–Trinajstić information content (AvgIpc) is 2.51. The maximum Gasteiger partial charge on any atom is 0.417 e. The number of halogens is 4. The summed E-state index contributed by atoms with van der Waals surface area (Å²) in [5, 5.41) is 13.3. The van der Waals surface area contributed by atoms with E-state index < -0.39 is 23.9 Å². The number of allylic oxidation sites excluding steroid dienone is 2. The molecule has 9 heteroatoms. The zero-order valence-electron chi connectivity index (χ0n) is 15.4. The molecule has 26 heavy (non-hydrogen) atoms. The zero-order chi connectivity index (χ0) is 19.9. The van der Waals surface area contributed by atoms with Crippen molar-refractivity contribution in [3.05, 3.63) is 22.5 Å². The van der Waals surface area contributed by atoms with Crippen LogP contribution < -0.4 is 5.32 Å². The average molecular weight is 397 g/mol. The Hall–Kier alpha value is -0.980. The van der Waals surface area contributed by atoms with Crippen LogP contribution in [0.3, 0.4) is 0 Å². The first kappa shape index (κ1) is 23.1. The van der Waals surface area contributed by atoms with Gasteiger partial charge in [0.05, 0.1) is 5.57 Å². The van der Waals surface area contributed by atoms with Gasteiger partial charge < -0.3 is 10.0 Å². The molecular formula is C17H28F4N3OP. The third-order valence-electron chi connectivity index (χ3n) is 4.22. The number of rotatable bonds is 8. The summed E-state index contributed by atoms with van der Waals surface area (Å²) in [7, 11) is 2.06. The largest absolute Gasteiger partial charge is 0.417 e. The second-order valence-electron chi connectivity index (χ2n) is 6.14. The van der Waals surface area contributed by atoms with Gasteiger partial charge in [-0.15, -0.1) is 9.24 Å². The molecule has 0 bridgehead atoms. The molecule has 0 aromatic carbocycles. The highest BCUT2D eigenvalue weighted by atomic mass is 31.0. The molecule has 0 amide bonds. The lowest BCUT2D eigenvalue weighted by Crippen LogP contribution is -2.35. The van der Waals surface area contributed by atoms with Crippen LogP contribution in [0, 0.1) is 0 Å². The highest BCUT2D eigenvalue weighted by molar-refractivity contribution is 7.17. The number of aliphatic imine (C=N–C) groups is 1. The molecule has 1 heterocycles. The number of aliphatic hydroxyl groups is 1. The molecular weight excluding hydrogens is 369 g/mol. The number of alkyl halides is 4. The van der Waals surface area contributed by atoms with Crippen molar-refractivity contribution in [1.82, 2.24) is 10.2 Å². The molecule has 0 aromatic rings. The summed E-state index contributed by atoms with van der Waals surface area (Å²) < 4.78 is 53.0. The SMILES string of the molecule is CCNC(O)/C1=C(N(CC)CCC(F)P)/N=C\C(C(F)(F)F)=C(\C)CC1. The number of nitrogens with zero attached hydrogens (tertiary/aromatic N) is 2. The van der Waals surface area contributed by atoms with E-state index in [-0.39, 0.29) is 30.7 Å². The third-order valence-corrected chi connectivity index (χ3v) is 4.55. The van der Waals surface area contributed by atoms with E-state index in [0.29, 0.717) is 25.2 Å². The van der Waals surface area contributed by atoms with Crippen molar-refractivity contribution in [2.24, 2.45) is 4.99 Å². The van der Waals surface area contributed by atoms with E-state index in [1.807, 2.05) is 13.8 Å². The number of likely N-dealkylation sites (N-methyl/N-ethyl adjacent to an activating group) is 1. The highest BCUT2D eigenvalue weighted by Gasteiger charge is 2.35. The zero-order valence-corrected chi connectivity index (χ0v) is 16.6. The fraction of sp³-hybridized carbons (Fsp3) is 0.706. The van der Waals surface area contributed by atoms with Gasteiger partial charge in [-0.2, -0.15) is 13.2 Å². The normalized spacial score (nSPS) is 25.4. The van der Waals surface area contributed by atoms with E-state index in [2.05, 4.69) is 19.5 Å².